The van der Waals surface area contributed by atoms with Crippen LogP contribution >= 0.6 is 0 Å². The summed E-state index contributed by atoms with van der Waals surface area (Å²) in [6.07, 6.45) is 2.03. The Bertz CT molecular complexity index is 602. The summed E-state index contributed by atoms with van der Waals surface area (Å²) in [6, 6.07) is 9.53. The fourth-order valence-electron chi connectivity index (χ4n) is 2.33. The van der Waals surface area contributed by atoms with E-state index in [1.54, 1.807) is 20.9 Å². The summed E-state index contributed by atoms with van der Waals surface area (Å²) < 4.78 is 23.2. The van der Waals surface area contributed by atoms with Crippen molar-refractivity contribution in [2.75, 3.05) is 19.8 Å². The van der Waals surface area contributed by atoms with Crippen molar-refractivity contribution in [2.45, 2.75) is 44.4 Å². The first-order valence-electron chi connectivity index (χ1n) is 7.89. The molecule has 0 fully saturated rings. The predicted octanol–water partition coefficient (Wildman–Crippen LogP) is 2.64. The van der Waals surface area contributed by atoms with Crippen LogP contribution in [0.3, 0.4) is 0 Å². The Balaban J connectivity index is 2.47. The monoisotopic (exact) mass is 340 g/mol. The maximum Gasteiger partial charge on any atom is 0.317 e. The Morgan fingerprint density at radius 3 is 2.26 bits per heavy atom. The third kappa shape index (κ3) is 5.86. The number of hydrogen-bond acceptors (Lipinski definition) is 3. The van der Waals surface area contributed by atoms with Gasteiger partial charge in [-0.25, -0.2) is 13.2 Å². The Hall–Kier alpha value is -1.56. The molecule has 0 aromatic heterocycles. The average Bonchev–Trinajstić information content (AvgIpc) is 2.52. The van der Waals surface area contributed by atoms with Crippen molar-refractivity contribution in [3.05, 3.63) is 35.9 Å². The third-order valence-electron chi connectivity index (χ3n) is 4.51. The van der Waals surface area contributed by atoms with E-state index in [1.165, 1.54) is 16.7 Å². The number of hydrogen-bond donors (Lipinski definition) is 1. The zero-order chi connectivity index (χ0) is 17.6. The third-order valence-corrected chi connectivity index (χ3v) is 6.25. The highest BCUT2D eigenvalue weighted by molar-refractivity contribution is 7.91. The molecule has 2 amide bonds. The molecule has 0 heterocycles. The van der Waals surface area contributed by atoms with Gasteiger partial charge >= 0.3 is 6.03 Å². The molecule has 0 radical (unpaired) electrons. The Morgan fingerprint density at radius 1 is 1.17 bits per heavy atom. The second-order valence-electron chi connectivity index (χ2n) is 6.22. The Labute approximate surface area is 140 Å². The predicted molar refractivity (Wildman–Crippen MR) is 94.4 cm³/mol. The largest absolute Gasteiger partial charge is 0.338 e. The molecule has 1 aromatic carbocycles. The maximum absolute atomic E-state index is 12.2. The number of rotatable bonds is 7. The zero-order valence-corrected chi connectivity index (χ0v) is 15.4. The lowest BCUT2D eigenvalue weighted by atomic mass is 9.98. The molecule has 5 nitrogen and oxygen atoms in total. The normalized spacial score (nSPS) is 15.5. The number of urea groups is 1. The summed E-state index contributed by atoms with van der Waals surface area (Å²) in [4.78, 5) is 13.6. The quantitative estimate of drug-likeness (QED) is 0.830. The molecule has 1 N–H and O–H groups in total. The van der Waals surface area contributed by atoms with Gasteiger partial charge in [-0.05, 0) is 31.7 Å². The van der Waals surface area contributed by atoms with E-state index in [0.29, 0.717) is 12.5 Å². The van der Waals surface area contributed by atoms with Gasteiger partial charge in [0.2, 0.25) is 0 Å². The SMILES string of the molecule is C[C@H]([C@H](C)N(C)C(=O)NCC[C@H](C)c1ccccc1)S(C)(=O)=O. The molecule has 130 valence electrons. The summed E-state index contributed by atoms with van der Waals surface area (Å²) in [7, 11) is -1.54. The standard InChI is InChI=1S/C17H28N2O3S/c1-13(16-9-7-6-8-10-16)11-12-18-17(20)19(4)14(2)15(3)23(5,21)22/h6-10,13-15H,11-12H2,1-5H3,(H,18,20)/t13-,14-,15+/m0/s1. The second kappa shape index (κ2) is 8.34. The van der Waals surface area contributed by atoms with Crippen LogP contribution in [0.25, 0.3) is 0 Å². The highest BCUT2D eigenvalue weighted by atomic mass is 32.2. The summed E-state index contributed by atoms with van der Waals surface area (Å²) in [6.45, 7) is 6.05. The van der Waals surface area contributed by atoms with Crippen LogP contribution in [0.2, 0.25) is 0 Å². The smallest absolute Gasteiger partial charge is 0.317 e. The van der Waals surface area contributed by atoms with Crippen molar-refractivity contribution in [1.29, 1.82) is 0 Å². The van der Waals surface area contributed by atoms with E-state index >= 15 is 0 Å². The van der Waals surface area contributed by atoms with Gasteiger partial charge in [0, 0.05) is 25.9 Å². The van der Waals surface area contributed by atoms with E-state index in [1.807, 2.05) is 18.2 Å². The van der Waals surface area contributed by atoms with Gasteiger partial charge in [-0.15, -0.1) is 0 Å². The minimum atomic E-state index is -3.17. The van der Waals surface area contributed by atoms with Crippen molar-refractivity contribution in [3.8, 4) is 0 Å². The molecule has 1 aromatic rings. The van der Waals surface area contributed by atoms with Gasteiger partial charge in [-0.3, -0.25) is 0 Å². The van der Waals surface area contributed by atoms with E-state index in [4.69, 9.17) is 0 Å². The number of carbonyl (C=O) groups is 1. The summed E-state index contributed by atoms with van der Waals surface area (Å²) in [5.74, 6) is 0.356. The number of carbonyl (C=O) groups excluding carboxylic acids is 1. The molecule has 23 heavy (non-hydrogen) atoms. The summed E-state index contributed by atoms with van der Waals surface area (Å²) >= 11 is 0. The fraction of sp³-hybridized carbons (Fsp3) is 0.588. The lowest BCUT2D eigenvalue weighted by Crippen LogP contribution is -2.48. The molecule has 3 atom stereocenters. The Kier molecular flexibility index (Phi) is 7.06. The maximum atomic E-state index is 12.2. The first kappa shape index (κ1) is 19.5. The van der Waals surface area contributed by atoms with Gasteiger partial charge in [-0.1, -0.05) is 37.3 Å². The lowest BCUT2D eigenvalue weighted by Gasteiger charge is -2.29. The topological polar surface area (TPSA) is 66.5 Å². The first-order chi connectivity index (χ1) is 10.6. The minimum Gasteiger partial charge on any atom is -0.338 e. The number of benzene rings is 1. The number of amides is 2. The molecule has 0 bridgehead atoms. The molecule has 0 aliphatic heterocycles. The fourth-order valence-corrected chi connectivity index (χ4v) is 3.22. The van der Waals surface area contributed by atoms with Crippen LogP contribution in [0.5, 0.6) is 0 Å². The Morgan fingerprint density at radius 2 is 1.74 bits per heavy atom. The van der Waals surface area contributed by atoms with Gasteiger partial charge in [0.05, 0.1) is 5.25 Å². The molecule has 0 aliphatic carbocycles. The van der Waals surface area contributed by atoms with E-state index in [2.05, 4.69) is 24.4 Å². The molecule has 1 rings (SSSR count). The minimum absolute atomic E-state index is 0.242. The molecular formula is C17H28N2O3S. The van der Waals surface area contributed by atoms with E-state index in [-0.39, 0.29) is 12.1 Å². The van der Waals surface area contributed by atoms with Crippen LogP contribution in [0.15, 0.2) is 30.3 Å². The van der Waals surface area contributed by atoms with Gasteiger partial charge in [-0.2, -0.15) is 0 Å². The van der Waals surface area contributed by atoms with Crippen molar-refractivity contribution in [1.82, 2.24) is 10.2 Å². The van der Waals surface area contributed by atoms with Crippen LogP contribution in [0, 0.1) is 0 Å². The van der Waals surface area contributed by atoms with Gasteiger partial charge in [0.15, 0.2) is 9.84 Å². The number of sulfone groups is 1. The highest BCUT2D eigenvalue weighted by Gasteiger charge is 2.27. The molecule has 0 aliphatic rings. The van der Waals surface area contributed by atoms with Crippen molar-refractivity contribution >= 4 is 15.9 Å². The van der Waals surface area contributed by atoms with Gasteiger partial charge in [0.25, 0.3) is 0 Å². The van der Waals surface area contributed by atoms with Crippen molar-refractivity contribution < 1.29 is 13.2 Å². The molecule has 0 unspecified atom stereocenters. The van der Waals surface area contributed by atoms with E-state index in [0.717, 1.165) is 6.42 Å². The van der Waals surface area contributed by atoms with Crippen molar-refractivity contribution in [3.63, 3.8) is 0 Å². The number of nitrogens with one attached hydrogen (secondary N) is 1. The lowest BCUT2D eigenvalue weighted by molar-refractivity contribution is 0.193. The molecule has 0 spiro atoms. The van der Waals surface area contributed by atoms with Gasteiger partial charge in [0.1, 0.15) is 0 Å². The average molecular weight is 340 g/mol. The molecule has 0 saturated carbocycles. The summed E-state index contributed by atoms with van der Waals surface area (Å²) in [5.41, 5.74) is 1.24. The number of nitrogens with zero attached hydrogens (tertiary/aromatic N) is 1. The van der Waals surface area contributed by atoms with Gasteiger partial charge < -0.3 is 10.2 Å². The molecule has 6 heteroatoms. The highest BCUT2D eigenvalue weighted by Crippen LogP contribution is 2.17. The van der Waals surface area contributed by atoms with Crippen LogP contribution < -0.4 is 5.32 Å². The summed E-state index contributed by atoms with van der Waals surface area (Å²) in [5, 5.41) is 2.27. The molecule has 0 saturated heterocycles. The van der Waals surface area contributed by atoms with E-state index in [9.17, 15) is 13.2 Å². The van der Waals surface area contributed by atoms with Crippen LogP contribution in [-0.4, -0.2) is 50.5 Å². The van der Waals surface area contributed by atoms with Crippen molar-refractivity contribution in [2.24, 2.45) is 0 Å². The second-order valence-corrected chi connectivity index (χ2v) is 8.62. The van der Waals surface area contributed by atoms with Crippen LogP contribution in [0.4, 0.5) is 4.79 Å². The first-order valence-corrected chi connectivity index (χ1v) is 9.84. The van der Waals surface area contributed by atoms with Crippen LogP contribution in [-0.2, 0) is 9.84 Å². The van der Waals surface area contributed by atoms with Crippen LogP contribution in [0.1, 0.15) is 38.7 Å². The zero-order valence-electron chi connectivity index (χ0n) is 14.6. The van der Waals surface area contributed by atoms with E-state index < -0.39 is 15.1 Å². The molecular weight excluding hydrogens is 312 g/mol.